The molecule has 0 saturated carbocycles. The summed E-state index contributed by atoms with van der Waals surface area (Å²) in [6.07, 6.45) is 1.59. The van der Waals surface area contributed by atoms with Crippen LogP contribution in [0.2, 0.25) is 5.02 Å². The van der Waals surface area contributed by atoms with E-state index in [9.17, 15) is 14.4 Å². The lowest BCUT2D eigenvalue weighted by atomic mass is 10.1. The van der Waals surface area contributed by atoms with Crippen LogP contribution in [0.3, 0.4) is 0 Å². The molecule has 0 atom stereocenters. The van der Waals surface area contributed by atoms with E-state index < -0.39 is 23.6 Å². The molecule has 1 fully saturated rings. The molecule has 1 N–H and O–H groups in total. The number of methoxy groups -OCH3 is 1. The first kappa shape index (κ1) is 26.3. The van der Waals surface area contributed by atoms with Crippen LogP contribution in [0, 0.1) is 13.8 Å². The molecule has 9 heteroatoms. The molecule has 1 saturated heterocycles. The SMILES string of the molecule is COc1cc(/C=C2\SC(=O)N(CC(=O)Nc3cc(Cl)ccc3C)C2=O)ccc1OCc1cccc(C)c1. The number of halogens is 1. The molecule has 37 heavy (non-hydrogen) atoms. The minimum atomic E-state index is -0.535. The Morgan fingerprint density at radius 1 is 1.05 bits per heavy atom. The summed E-state index contributed by atoms with van der Waals surface area (Å²) < 4.78 is 11.4. The fourth-order valence-electron chi connectivity index (χ4n) is 3.71. The fraction of sp³-hybridized carbons (Fsp3) is 0.179. The Labute approximate surface area is 224 Å². The normalized spacial score (nSPS) is 14.3. The van der Waals surface area contributed by atoms with Gasteiger partial charge in [-0.3, -0.25) is 19.3 Å². The van der Waals surface area contributed by atoms with E-state index in [0.717, 1.165) is 33.4 Å². The standard InChI is InChI=1S/C28H25ClN2O5S/c1-17-5-4-6-20(11-17)16-36-23-10-8-19(12-24(23)35-3)13-25-27(33)31(28(34)37-25)15-26(32)30-22-14-21(29)9-7-18(22)2/h4-14H,15-16H2,1-3H3,(H,30,32)/b25-13-. The summed E-state index contributed by atoms with van der Waals surface area (Å²) in [5, 5.41) is 2.66. The largest absolute Gasteiger partial charge is 0.493 e. The van der Waals surface area contributed by atoms with E-state index in [1.807, 2.05) is 38.1 Å². The van der Waals surface area contributed by atoms with Gasteiger partial charge >= 0.3 is 0 Å². The number of ether oxygens (including phenoxy) is 2. The van der Waals surface area contributed by atoms with Crippen LogP contribution in [0.5, 0.6) is 11.5 Å². The third-order valence-corrected chi connectivity index (χ3v) is 6.75. The number of imide groups is 1. The summed E-state index contributed by atoms with van der Waals surface area (Å²) in [4.78, 5) is 39.1. The number of nitrogens with zero attached hydrogens (tertiary/aromatic N) is 1. The van der Waals surface area contributed by atoms with Crippen molar-refractivity contribution in [1.29, 1.82) is 0 Å². The lowest BCUT2D eigenvalue weighted by Gasteiger charge is -2.14. The van der Waals surface area contributed by atoms with Gasteiger partial charge in [-0.2, -0.15) is 0 Å². The van der Waals surface area contributed by atoms with Crippen LogP contribution < -0.4 is 14.8 Å². The fourth-order valence-corrected chi connectivity index (χ4v) is 4.72. The van der Waals surface area contributed by atoms with Crippen molar-refractivity contribution in [1.82, 2.24) is 4.90 Å². The first-order valence-electron chi connectivity index (χ1n) is 11.4. The topological polar surface area (TPSA) is 84.9 Å². The molecule has 0 aromatic heterocycles. The summed E-state index contributed by atoms with van der Waals surface area (Å²) >= 11 is 6.78. The van der Waals surface area contributed by atoms with Gasteiger partial charge < -0.3 is 14.8 Å². The molecule has 3 amide bonds. The molecule has 0 unspecified atom stereocenters. The van der Waals surface area contributed by atoms with Crippen LogP contribution in [-0.4, -0.2) is 35.6 Å². The number of aryl methyl sites for hydroxylation is 2. The van der Waals surface area contributed by atoms with Crippen molar-refractivity contribution < 1.29 is 23.9 Å². The summed E-state index contributed by atoms with van der Waals surface area (Å²) in [6, 6.07) is 18.4. The lowest BCUT2D eigenvalue weighted by Crippen LogP contribution is -2.36. The summed E-state index contributed by atoms with van der Waals surface area (Å²) in [5.41, 5.74) is 4.18. The molecule has 190 valence electrons. The highest BCUT2D eigenvalue weighted by atomic mass is 35.5. The van der Waals surface area contributed by atoms with Crippen molar-refractivity contribution in [3.8, 4) is 11.5 Å². The van der Waals surface area contributed by atoms with E-state index in [1.165, 1.54) is 7.11 Å². The number of carbonyl (C=O) groups is 3. The molecule has 4 rings (SSSR count). The van der Waals surface area contributed by atoms with Crippen LogP contribution in [-0.2, 0) is 16.2 Å². The van der Waals surface area contributed by atoms with Gasteiger partial charge in [-0.25, -0.2) is 0 Å². The molecule has 1 aliphatic rings. The highest BCUT2D eigenvalue weighted by molar-refractivity contribution is 8.18. The molecule has 3 aromatic carbocycles. The maximum absolute atomic E-state index is 12.9. The van der Waals surface area contributed by atoms with Crippen LogP contribution >= 0.6 is 23.4 Å². The Morgan fingerprint density at radius 3 is 2.62 bits per heavy atom. The molecule has 0 aliphatic carbocycles. The van der Waals surface area contributed by atoms with Crippen molar-refractivity contribution in [2.75, 3.05) is 19.0 Å². The number of anilines is 1. The van der Waals surface area contributed by atoms with Crippen molar-refractivity contribution in [2.24, 2.45) is 0 Å². The molecule has 1 aliphatic heterocycles. The number of benzene rings is 3. The quantitative estimate of drug-likeness (QED) is 0.344. The van der Waals surface area contributed by atoms with Gasteiger partial charge in [0.1, 0.15) is 13.2 Å². The zero-order valence-corrected chi connectivity index (χ0v) is 22.1. The van der Waals surface area contributed by atoms with Crippen LogP contribution in [0.25, 0.3) is 6.08 Å². The molecule has 0 bridgehead atoms. The highest BCUT2D eigenvalue weighted by Gasteiger charge is 2.36. The third kappa shape index (κ3) is 6.53. The van der Waals surface area contributed by atoms with Gasteiger partial charge in [-0.15, -0.1) is 0 Å². The number of hydrogen-bond donors (Lipinski definition) is 1. The second-order valence-electron chi connectivity index (χ2n) is 8.46. The van der Waals surface area contributed by atoms with E-state index in [2.05, 4.69) is 5.32 Å². The van der Waals surface area contributed by atoms with Crippen molar-refractivity contribution >= 4 is 52.2 Å². The minimum Gasteiger partial charge on any atom is -0.493 e. The Kier molecular flexibility index (Phi) is 8.21. The van der Waals surface area contributed by atoms with E-state index >= 15 is 0 Å². The summed E-state index contributed by atoms with van der Waals surface area (Å²) in [7, 11) is 1.53. The van der Waals surface area contributed by atoms with E-state index in [-0.39, 0.29) is 4.91 Å². The van der Waals surface area contributed by atoms with Crippen molar-refractivity contribution in [2.45, 2.75) is 20.5 Å². The van der Waals surface area contributed by atoms with Crippen LogP contribution in [0.15, 0.2) is 65.6 Å². The molecular weight excluding hydrogens is 512 g/mol. The predicted octanol–water partition coefficient (Wildman–Crippen LogP) is 6.22. The number of rotatable bonds is 8. The van der Waals surface area contributed by atoms with Crippen LogP contribution in [0.4, 0.5) is 10.5 Å². The number of carbonyl (C=O) groups excluding carboxylic acids is 3. The first-order chi connectivity index (χ1) is 17.7. The summed E-state index contributed by atoms with van der Waals surface area (Å²) in [5.74, 6) is 0.0246. The smallest absolute Gasteiger partial charge is 0.294 e. The molecule has 1 heterocycles. The monoisotopic (exact) mass is 536 g/mol. The molecule has 0 radical (unpaired) electrons. The van der Waals surface area contributed by atoms with Gasteiger partial charge in [0.2, 0.25) is 5.91 Å². The van der Waals surface area contributed by atoms with Gasteiger partial charge in [-0.1, -0.05) is 53.6 Å². The number of nitrogens with one attached hydrogen (secondary N) is 1. The van der Waals surface area contributed by atoms with Gasteiger partial charge in [0.25, 0.3) is 11.1 Å². The minimum absolute atomic E-state index is 0.215. The Morgan fingerprint density at radius 2 is 1.86 bits per heavy atom. The summed E-state index contributed by atoms with van der Waals surface area (Å²) in [6.45, 7) is 3.82. The van der Waals surface area contributed by atoms with E-state index in [1.54, 1.807) is 42.5 Å². The predicted molar refractivity (Wildman–Crippen MR) is 146 cm³/mol. The number of amides is 3. The van der Waals surface area contributed by atoms with Crippen molar-refractivity contribution in [3.63, 3.8) is 0 Å². The van der Waals surface area contributed by atoms with E-state index in [4.69, 9.17) is 21.1 Å². The second kappa shape index (κ2) is 11.5. The number of hydrogen-bond acceptors (Lipinski definition) is 6. The number of thioether (sulfide) groups is 1. The van der Waals surface area contributed by atoms with E-state index in [0.29, 0.717) is 34.4 Å². The zero-order valence-electron chi connectivity index (χ0n) is 20.5. The van der Waals surface area contributed by atoms with Gasteiger partial charge in [0.05, 0.1) is 12.0 Å². The highest BCUT2D eigenvalue weighted by Crippen LogP contribution is 2.35. The van der Waals surface area contributed by atoms with Gasteiger partial charge in [-0.05, 0) is 72.6 Å². The van der Waals surface area contributed by atoms with Crippen LogP contribution in [0.1, 0.15) is 22.3 Å². The third-order valence-electron chi connectivity index (χ3n) is 5.61. The average molecular weight is 537 g/mol. The molecular formula is C28H25ClN2O5S. The Bertz CT molecular complexity index is 1410. The zero-order chi connectivity index (χ0) is 26.5. The maximum Gasteiger partial charge on any atom is 0.294 e. The molecule has 7 nitrogen and oxygen atoms in total. The average Bonchev–Trinajstić information content (AvgIpc) is 3.12. The maximum atomic E-state index is 12.9. The van der Waals surface area contributed by atoms with Crippen molar-refractivity contribution in [3.05, 3.63) is 92.8 Å². The van der Waals surface area contributed by atoms with Gasteiger partial charge in [0, 0.05) is 10.7 Å². The second-order valence-corrected chi connectivity index (χ2v) is 9.89. The molecule has 3 aromatic rings. The lowest BCUT2D eigenvalue weighted by molar-refractivity contribution is -0.127. The van der Waals surface area contributed by atoms with Gasteiger partial charge in [0.15, 0.2) is 11.5 Å². The first-order valence-corrected chi connectivity index (χ1v) is 12.6. The Balaban J connectivity index is 1.43. The molecule has 0 spiro atoms. The Hall–Kier alpha value is -3.75.